The molecule has 1 aliphatic rings. The molecule has 6 heteroatoms. The number of nitrogens with zero attached hydrogens (tertiary/aromatic N) is 1. The standard InChI is InChI=1S/C13H21N3O3/c1-19-11-8-9(2-3-10(11)17)13(18)16-5-4-12-14-6-7-15-12/h6-7,9-11,17H,2-5,8H2,1H3,(H,14,15)(H,16,18)/t9-,10+,11-/m1/s1. The summed E-state index contributed by atoms with van der Waals surface area (Å²) >= 11 is 0. The maximum atomic E-state index is 12.0. The predicted molar refractivity (Wildman–Crippen MR) is 69.4 cm³/mol. The van der Waals surface area contributed by atoms with E-state index in [-0.39, 0.29) is 17.9 Å². The van der Waals surface area contributed by atoms with Crippen molar-refractivity contribution in [2.24, 2.45) is 5.92 Å². The fourth-order valence-electron chi connectivity index (χ4n) is 2.49. The molecule has 1 aliphatic carbocycles. The van der Waals surface area contributed by atoms with Gasteiger partial charge in [0.2, 0.25) is 5.91 Å². The molecular weight excluding hydrogens is 246 g/mol. The van der Waals surface area contributed by atoms with Gasteiger partial charge in [-0.05, 0) is 19.3 Å². The third-order valence-electron chi connectivity index (χ3n) is 3.65. The van der Waals surface area contributed by atoms with Gasteiger partial charge < -0.3 is 20.1 Å². The Kier molecular flexibility index (Phi) is 4.93. The lowest BCUT2D eigenvalue weighted by molar-refractivity contribution is -0.130. The molecule has 0 saturated heterocycles. The Labute approximate surface area is 112 Å². The van der Waals surface area contributed by atoms with Crippen LogP contribution in [-0.2, 0) is 16.0 Å². The second-order valence-electron chi connectivity index (χ2n) is 4.93. The van der Waals surface area contributed by atoms with Crippen LogP contribution in [0.25, 0.3) is 0 Å². The fourth-order valence-corrected chi connectivity index (χ4v) is 2.49. The van der Waals surface area contributed by atoms with Gasteiger partial charge in [0.05, 0.1) is 12.2 Å². The van der Waals surface area contributed by atoms with Crippen molar-refractivity contribution in [1.29, 1.82) is 0 Å². The minimum atomic E-state index is -0.447. The summed E-state index contributed by atoms with van der Waals surface area (Å²) < 4.78 is 5.20. The molecule has 1 saturated carbocycles. The Balaban J connectivity index is 1.73. The van der Waals surface area contributed by atoms with E-state index in [1.807, 2.05) is 0 Å². The fraction of sp³-hybridized carbons (Fsp3) is 0.692. The molecule has 106 valence electrons. The summed E-state index contributed by atoms with van der Waals surface area (Å²) in [4.78, 5) is 19.1. The SMILES string of the molecule is CO[C@@H]1C[C@H](C(=O)NCCc2ncc[nH]2)CC[C@@H]1O. The van der Waals surface area contributed by atoms with Crippen LogP contribution in [-0.4, -0.2) is 46.8 Å². The molecule has 1 aromatic heterocycles. The van der Waals surface area contributed by atoms with Gasteiger partial charge in [-0.25, -0.2) is 4.98 Å². The Bertz CT molecular complexity index is 394. The van der Waals surface area contributed by atoms with E-state index in [0.717, 1.165) is 5.82 Å². The number of hydrogen-bond acceptors (Lipinski definition) is 4. The van der Waals surface area contributed by atoms with E-state index in [1.165, 1.54) is 0 Å². The van der Waals surface area contributed by atoms with Crippen LogP contribution in [0.4, 0.5) is 0 Å². The highest BCUT2D eigenvalue weighted by Crippen LogP contribution is 2.26. The second-order valence-corrected chi connectivity index (χ2v) is 4.93. The predicted octanol–water partition coefficient (Wildman–Crippen LogP) is 0.244. The molecular formula is C13H21N3O3. The summed E-state index contributed by atoms with van der Waals surface area (Å²) in [5.74, 6) is 0.847. The largest absolute Gasteiger partial charge is 0.390 e. The van der Waals surface area contributed by atoms with Crippen molar-refractivity contribution in [2.45, 2.75) is 37.9 Å². The molecule has 1 heterocycles. The second kappa shape index (κ2) is 6.68. The number of ether oxygens (including phenoxy) is 1. The third kappa shape index (κ3) is 3.78. The molecule has 0 radical (unpaired) electrons. The van der Waals surface area contributed by atoms with Gasteiger partial charge in [-0.2, -0.15) is 0 Å². The molecule has 1 amide bonds. The molecule has 19 heavy (non-hydrogen) atoms. The Morgan fingerprint density at radius 1 is 1.63 bits per heavy atom. The van der Waals surface area contributed by atoms with Crippen LogP contribution in [0.2, 0.25) is 0 Å². The summed E-state index contributed by atoms with van der Waals surface area (Å²) in [6, 6.07) is 0. The van der Waals surface area contributed by atoms with Gasteiger partial charge in [0.15, 0.2) is 0 Å². The van der Waals surface area contributed by atoms with E-state index in [0.29, 0.717) is 32.2 Å². The van der Waals surface area contributed by atoms with E-state index >= 15 is 0 Å². The highest BCUT2D eigenvalue weighted by Gasteiger charge is 2.32. The number of hydrogen-bond donors (Lipinski definition) is 3. The zero-order valence-electron chi connectivity index (χ0n) is 11.1. The highest BCUT2D eigenvalue weighted by atomic mass is 16.5. The summed E-state index contributed by atoms with van der Waals surface area (Å²) in [7, 11) is 1.57. The highest BCUT2D eigenvalue weighted by molar-refractivity contribution is 5.78. The molecule has 0 spiro atoms. The van der Waals surface area contributed by atoms with Gasteiger partial charge in [0, 0.05) is 38.4 Å². The zero-order chi connectivity index (χ0) is 13.7. The van der Waals surface area contributed by atoms with Gasteiger partial charge in [0.1, 0.15) is 5.82 Å². The van der Waals surface area contributed by atoms with Crippen molar-refractivity contribution in [1.82, 2.24) is 15.3 Å². The smallest absolute Gasteiger partial charge is 0.223 e. The lowest BCUT2D eigenvalue weighted by Gasteiger charge is -2.31. The maximum Gasteiger partial charge on any atom is 0.223 e. The zero-order valence-corrected chi connectivity index (χ0v) is 11.1. The van der Waals surface area contributed by atoms with Crippen molar-refractivity contribution < 1.29 is 14.6 Å². The van der Waals surface area contributed by atoms with Crippen LogP contribution in [0.1, 0.15) is 25.1 Å². The number of imidazole rings is 1. The topological polar surface area (TPSA) is 87.2 Å². The summed E-state index contributed by atoms with van der Waals surface area (Å²) in [6.45, 7) is 0.572. The Morgan fingerprint density at radius 3 is 3.16 bits per heavy atom. The van der Waals surface area contributed by atoms with Gasteiger partial charge in [0.25, 0.3) is 0 Å². The Hall–Kier alpha value is -1.40. The first kappa shape index (κ1) is 14.0. The average Bonchev–Trinajstić information content (AvgIpc) is 2.92. The number of amides is 1. The number of aromatic amines is 1. The van der Waals surface area contributed by atoms with Crippen molar-refractivity contribution in [3.05, 3.63) is 18.2 Å². The minimum absolute atomic E-state index is 0.0421. The number of nitrogens with one attached hydrogen (secondary N) is 2. The summed E-state index contributed by atoms with van der Waals surface area (Å²) in [5.41, 5.74) is 0. The average molecular weight is 267 g/mol. The summed E-state index contributed by atoms with van der Waals surface area (Å²) in [5, 5.41) is 12.6. The quantitative estimate of drug-likeness (QED) is 0.713. The normalized spacial score (nSPS) is 27.2. The number of methoxy groups -OCH3 is 1. The van der Waals surface area contributed by atoms with Crippen LogP contribution in [0, 0.1) is 5.92 Å². The number of carbonyl (C=O) groups is 1. The lowest BCUT2D eigenvalue weighted by Crippen LogP contribution is -2.41. The van der Waals surface area contributed by atoms with Crippen molar-refractivity contribution in [3.8, 4) is 0 Å². The van der Waals surface area contributed by atoms with Gasteiger partial charge in [-0.1, -0.05) is 0 Å². The lowest BCUT2D eigenvalue weighted by atomic mass is 9.84. The number of H-pyrrole nitrogens is 1. The molecule has 3 N–H and O–H groups in total. The van der Waals surface area contributed by atoms with Gasteiger partial charge in [-0.3, -0.25) is 4.79 Å². The Morgan fingerprint density at radius 2 is 2.47 bits per heavy atom. The number of aliphatic hydroxyl groups excluding tert-OH is 1. The minimum Gasteiger partial charge on any atom is -0.390 e. The van der Waals surface area contributed by atoms with Gasteiger partial charge in [-0.15, -0.1) is 0 Å². The maximum absolute atomic E-state index is 12.0. The molecule has 1 aromatic rings. The van der Waals surface area contributed by atoms with Crippen molar-refractivity contribution in [2.75, 3.05) is 13.7 Å². The van der Waals surface area contributed by atoms with E-state index in [9.17, 15) is 9.90 Å². The number of aromatic nitrogens is 2. The molecule has 1 fully saturated rings. The van der Waals surface area contributed by atoms with Crippen LogP contribution in [0.5, 0.6) is 0 Å². The molecule has 0 unspecified atom stereocenters. The number of carbonyl (C=O) groups excluding carboxylic acids is 1. The van der Waals surface area contributed by atoms with Crippen LogP contribution in [0.3, 0.4) is 0 Å². The molecule has 0 bridgehead atoms. The number of rotatable bonds is 5. The number of aliphatic hydroxyl groups is 1. The summed E-state index contributed by atoms with van der Waals surface area (Å²) in [6.07, 6.45) is 5.41. The van der Waals surface area contributed by atoms with Crippen LogP contribution in [0.15, 0.2) is 12.4 Å². The van der Waals surface area contributed by atoms with E-state index in [2.05, 4.69) is 15.3 Å². The molecule has 3 atom stereocenters. The molecule has 0 aliphatic heterocycles. The van der Waals surface area contributed by atoms with E-state index < -0.39 is 6.10 Å². The third-order valence-corrected chi connectivity index (χ3v) is 3.65. The first-order valence-corrected chi connectivity index (χ1v) is 6.67. The van der Waals surface area contributed by atoms with Crippen LogP contribution < -0.4 is 5.32 Å². The van der Waals surface area contributed by atoms with Crippen LogP contribution >= 0.6 is 0 Å². The van der Waals surface area contributed by atoms with E-state index in [4.69, 9.17) is 4.74 Å². The molecule has 6 nitrogen and oxygen atoms in total. The van der Waals surface area contributed by atoms with Gasteiger partial charge >= 0.3 is 0 Å². The monoisotopic (exact) mass is 267 g/mol. The van der Waals surface area contributed by atoms with Crippen molar-refractivity contribution >= 4 is 5.91 Å². The van der Waals surface area contributed by atoms with Crippen molar-refractivity contribution in [3.63, 3.8) is 0 Å². The first-order valence-electron chi connectivity index (χ1n) is 6.67. The van der Waals surface area contributed by atoms with E-state index in [1.54, 1.807) is 19.5 Å². The molecule has 0 aromatic carbocycles. The first-order chi connectivity index (χ1) is 9.20. The molecule has 2 rings (SSSR count).